The zero-order chi connectivity index (χ0) is 18.8. The molecule has 0 unspecified atom stereocenters. The van der Waals surface area contributed by atoms with Gasteiger partial charge in [-0.15, -0.1) is 0 Å². The minimum atomic E-state index is -0.506. The standard InChI is InChI=1S/C22H29NO3/c1-4-19-10-6-7-11-21(19)26-17(3)22(24)23-16-8-9-18-12-14-20(15-13-18)25-5-2/h6-7,10-15,17H,4-5,8-9,16H2,1-3H3,(H,23,24)/t17-/m0/s1. The lowest BCUT2D eigenvalue weighted by Crippen LogP contribution is -2.37. The number of benzene rings is 2. The minimum Gasteiger partial charge on any atom is -0.494 e. The lowest BCUT2D eigenvalue weighted by molar-refractivity contribution is -0.127. The highest BCUT2D eigenvalue weighted by Gasteiger charge is 2.15. The van der Waals surface area contributed by atoms with Gasteiger partial charge < -0.3 is 14.8 Å². The molecule has 4 nitrogen and oxygen atoms in total. The number of para-hydroxylation sites is 1. The molecule has 0 radical (unpaired) electrons. The smallest absolute Gasteiger partial charge is 0.260 e. The van der Waals surface area contributed by atoms with Crippen molar-refractivity contribution in [3.63, 3.8) is 0 Å². The highest BCUT2D eigenvalue weighted by Crippen LogP contribution is 2.19. The number of nitrogens with one attached hydrogen (secondary N) is 1. The fourth-order valence-corrected chi connectivity index (χ4v) is 2.72. The monoisotopic (exact) mass is 355 g/mol. The van der Waals surface area contributed by atoms with Gasteiger partial charge in [0.2, 0.25) is 0 Å². The summed E-state index contributed by atoms with van der Waals surface area (Å²) in [5, 5.41) is 2.95. The van der Waals surface area contributed by atoms with Crippen LogP contribution in [0.4, 0.5) is 0 Å². The van der Waals surface area contributed by atoms with E-state index in [0.717, 1.165) is 36.3 Å². The van der Waals surface area contributed by atoms with Gasteiger partial charge in [-0.3, -0.25) is 4.79 Å². The topological polar surface area (TPSA) is 47.6 Å². The number of rotatable bonds is 10. The van der Waals surface area contributed by atoms with Crippen LogP contribution in [0, 0.1) is 0 Å². The van der Waals surface area contributed by atoms with Gasteiger partial charge in [0.25, 0.3) is 5.91 Å². The SMILES string of the molecule is CCOc1ccc(CCCNC(=O)[C@H](C)Oc2ccccc2CC)cc1. The Balaban J connectivity index is 1.72. The Morgan fingerprint density at radius 3 is 2.50 bits per heavy atom. The lowest BCUT2D eigenvalue weighted by Gasteiger charge is -2.17. The Bertz CT molecular complexity index is 682. The molecule has 26 heavy (non-hydrogen) atoms. The second kappa shape index (κ2) is 10.5. The Hall–Kier alpha value is -2.49. The summed E-state index contributed by atoms with van der Waals surface area (Å²) in [5.41, 5.74) is 2.35. The van der Waals surface area contributed by atoms with Gasteiger partial charge in [0, 0.05) is 6.54 Å². The van der Waals surface area contributed by atoms with E-state index in [1.807, 2.05) is 43.3 Å². The molecule has 140 valence electrons. The van der Waals surface area contributed by atoms with Crippen molar-refractivity contribution in [1.29, 1.82) is 0 Å². The number of hydrogen-bond acceptors (Lipinski definition) is 3. The van der Waals surface area contributed by atoms with E-state index in [0.29, 0.717) is 13.2 Å². The summed E-state index contributed by atoms with van der Waals surface area (Å²) >= 11 is 0. The molecule has 0 spiro atoms. The highest BCUT2D eigenvalue weighted by atomic mass is 16.5. The third-order valence-electron chi connectivity index (χ3n) is 4.20. The Morgan fingerprint density at radius 2 is 1.81 bits per heavy atom. The molecule has 0 aliphatic heterocycles. The molecule has 0 aliphatic carbocycles. The van der Waals surface area contributed by atoms with E-state index in [2.05, 4.69) is 24.4 Å². The number of carbonyl (C=O) groups excluding carboxylic acids is 1. The van der Waals surface area contributed by atoms with E-state index in [1.54, 1.807) is 6.92 Å². The van der Waals surface area contributed by atoms with Crippen LogP contribution in [-0.2, 0) is 17.6 Å². The molecule has 0 aromatic heterocycles. The molecule has 1 atom stereocenters. The van der Waals surface area contributed by atoms with Crippen LogP contribution in [0.5, 0.6) is 11.5 Å². The van der Waals surface area contributed by atoms with Gasteiger partial charge in [0.05, 0.1) is 6.61 Å². The predicted molar refractivity (Wildman–Crippen MR) is 105 cm³/mol. The van der Waals surface area contributed by atoms with Gasteiger partial charge in [0.15, 0.2) is 6.10 Å². The van der Waals surface area contributed by atoms with E-state index in [1.165, 1.54) is 5.56 Å². The normalized spacial score (nSPS) is 11.7. The average molecular weight is 355 g/mol. The quantitative estimate of drug-likeness (QED) is 0.651. The van der Waals surface area contributed by atoms with E-state index in [4.69, 9.17) is 9.47 Å². The van der Waals surface area contributed by atoms with E-state index < -0.39 is 6.10 Å². The van der Waals surface area contributed by atoms with Crippen LogP contribution in [-0.4, -0.2) is 25.2 Å². The number of carbonyl (C=O) groups is 1. The first-order valence-corrected chi connectivity index (χ1v) is 9.38. The van der Waals surface area contributed by atoms with Crippen molar-refractivity contribution in [2.24, 2.45) is 0 Å². The van der Waals surface area contributed by atoms with Crippen molar-refractivity contribution >= 4 is 5.91 Å². The van der Waals surface area contributed by atoms with Crippen LogP contribution in [0.1, 0.15) is 38.3 Å². The third-order valence-corrected chi connectivity index (χ3v) is 4.20. The Morgan fingerprint density at radius 1 is 1.08 bits per heavy atom. The summed E-state index contributed by atoms with van der Waals surface area (Å²) in [6.07, 6.45) is 2.18. The first-order chi connectivity index (χ1) is 12.6. The summed E-state index contributed by atoms with van der Waals surface area (Å²) < 4.78 is 11.3. The molecule has 0 fully saturated rings. The molecule has 0 aliphatic rings. The van der Waals surface area contributed by atoms with Crippen molar-refractivity contribution in [2.45, 2.75) is 46.1 Å². The van der Waals surface area contributed by atoms with Gasteiger partial charge in [0.1, 0.15) is 11.5 Å². The maximum Gasteiger partial charge on any atom is 0.260 e. The molecule has 0 bridgehead atoms. The molecule has 1 amide bonds. The number of hydrogen-bond donors (Lipinski definition) is 1. The average Bonchev–Trinajstić information content (AvgIpc) is 2.67. The summed E-state index contributed by atoms with van der Waals surface area (Å²) in [4.78, 5) is 12.2. The summed E-state index contributed by atoms with van der Waals surface area (Å²) in [6, 6.07) is 16.0. The van der Waals surface area contributed by atoms with Crippen molar-refractivity contribution in [1.82, 2.24) is 5.32 Å². The van der Waals surface area contributed by atoms with Gasteiger partial charge in [-0.2, -0.15) is 0 Å². The zero-order valence-electron chi connectivity index (χ0n) is 16.0. The highest BCUT2D eigenvalue weighted by molar-refractivity contribution is 5.80. The summed E-state index contributed by atoms with van der Waals surface area (Å²) in [7, 11) is 0. The van der Waals surface area contributed by atoms with Crippen molar-refractivity contribution in [3.8, 4) is 11.5 Å². The van der Waals surface area contributed by atoms with E-state index in [-0.39, 0.29) is 5.91 Å². The fraction of sp³-hybridized carbons (Fsp3) is 0.409. The van der Waals surface area contributed by atoms with Crippen LogP contribution < -0.4 is 14.8 Å². The van der Waals surface area contributed by atoms with Gasteiger partial charge in [-0.1, -0.05) is 37.3 Å². The Labute approximate surface area is 156 Å². The predicted octanol–water partition coefficient (Wildman–Crippen LogP) is 4.16. The van der Waals surface area contributed by atoms with Crippen molar-refractivity contribution in [2.75, 3.05) is 13.2 Å². The maximum atomic E-state index is 12.2. The number of amides is 1. The fourth-order valence-electron chi connectivity index (χ4n) is 2.72. The largest absolute Gasteiger partial charge is 0.494 e. The van der Waals surface area contributed by atoms with Crippen molar-refractivity contribution < 1.29 is 14.3 Å². The van der Waals surface area contributed by atoms with Gasteiger partial charge in [-0.05, 0) is 62.4 Å². The molecule has 2 aromatic rings. The molecule has 0 saturated heterocycles. The number of ether oxygens (including phenoxy) is 2. The second-order valence-electron chi connectivity index (χ2n) is 6.19. The molecule has 2 rings (SSSR count). The molecular weight excluding hydrogens is 326 g/mol. The third kappa shape index (κ3) is 6.10. The van der Waals surface area contributed by atoms with Crippen LogP contribution in [0.2, 0.25) is 0 Å². The van der Waals surface area contributed by atoms with Crippen LogP contribution in [0.15, 0.2) is 48.5 Å². The zero-order valence-corrected chi connectivity index (χ0v) is 16.0. The maximum absolute atomic E-state index is 12.2. The summed E-state index contributed by atoms with van der Waals surface area (Å²) in [5.74, 6) is 1.59. The molecule has 0 heterocycles. The van der Waals surface area contributed by atoms with Gasteiger partial charge in [-0.25, -0.2) is 0 Å². The van der Waals surface area contributed by atoms with E-state index >= 15 is 0 Å². The molecular formula is C22H29NO3. The van der Waals surface area contributed by atoms with Crippen LogP contribution in [0.25, 0.3) is 0 Å². The molecule has 2 aromatic carbocycles. The molecule has 4 heteroatoms. The number of aryl methyl sites for hydroxylation is 2. The second-order valence-corrected chi connectivity index (χ2v) is 6.19. The minimum absolute atomic E-state index is 0.0809. The Kier molecular flexibility index (Phi) is 8.00. The molecule has 0 saturated carbocycles. The first kappa shape index (κ1) is 19.8. The van der Waals surface area contributed by atoms with Crippen LogP contribution in [0.3, 0.4) is 0 Å². The molecule has 1 N–H and O–H groups in total. The van der Waals surface area contributed by atoms with Crippen molar-refractivity contribution in [3.05, 3.63) is 59.7 Å². The first-order valence-electron chi connectivity index (χ1n) is 9.38. The lowest BCUT2D eigenvalue weighted by atomic mass is 10.1. The van der Waals surface area contributed by atoms with E-state index in [9.17, 15) is 4.79 Å². The van der Waals surface area contributed by atoms with Crippen LogP contribution >= 0.6 is 0 Å². The summed E-state index contributed by atoms with van der Waals surface area (Å²) in [6.45, 7) is 7.15. The van der Waals surface area contributed by atoms with Gasteiger partial charge >= 0.3 is 0 Å².